The molecule has 2 N–H and O–H groups in total. The third kappa shape index (κ3) is 4.70. The molecule has 2 aromatic carbocycles. The molecule has 26 heavy (non-hydrogen) atoms. The highest BCUT2D eigenvalue weighted by Crippen LogP contribution is 2.30. The monoisotopic (exact) mass is 436 g/mol. The van der Waals surface area contributed by atoms with Crippen LogP contribution in [0.4, 0.5) is 0 Å². The summed E-state index contributed by atoms with van der Waals surface area (Å²) in [6, 6.07) is 13.0. The van der Waals surface area contributed by atoms with Crippen LogP contribution in [0.2, 0.25) is 0 Å². The van der Waals surface area contributed by atoms with Crippen molar-refractivity contribution < 1.29 is 19.1 Å². The molecule has 6 nitrogen and oxygen atoms in total. The molecule has 2 aromatic rings. The molecule has 0 aliphatic carbocycles. The van der Waals surface area contributed by atoms with Crippen molar-refractivity contribution in [3.8, 4) is 11.5 Å². The summed E-state index contributed by atoms with van der Waals surface area (Å²) in [7, 11) is 0. The predicted molar refractivity (Wildman–Crippen MR) is 102 cm³/mol. The van der Waals surface area contributed by atoms with Gasteiger partial charge in [-0.2, -0.15) is 0 Å². The molecule has 0 radical (unpaired) electrons. The number of thioether (sulfide) groups is 1. The molecule has 1 heterocycles. The van der Waals surface area contributed by atoms with Crippen LogP contribution in [0, 0.1) is 6.92 Å². The quantitative estimate of drug-likeness (QED) is 0.569. The maximum absolute atomic E-state index is 12.1. The highest BCUT2D eigenvalue weighted by molar-refractivity contribution is 9.10. The van der Waals surface area contributed by atoms with Gasteiger partial charge in [0.1, 0.15) is 6.61 Å². The fourth-order valence-electron chi connectivity index (χ4n) is 2.31. The first-order valence-corrected chi connectivity index (χ1v) is 9.67. The van der Waals surface area contributed by atoms with Crippen LogP contribution in [-0.2, 0) is 9.59 Å². The van der Waals surface area contributed by atoms with Crippen molar-refractivity contribution in [1.82, 2.24) is 10.9 Å². The molecule has 1 aliphatic rings. The molecule has 0 aromatic heterocycles. The van der Waals surface area contributed by atoms with E-state index in [2.05, 4.69) is 26.8 Å². The Kier molecular flexibility index (Phi) is 6.05. The first kappa shape index (κ1) is 18.6. The van der Waals surface area contributed by atoms with Gasteiger partial charge in [0, 0.05) is 9.37 Å². The summed E-state index contributed by atoms with van der Waals surface area (Å²) in [5.41, 5.74) is 5.86. The van der Waals surface area contributed by atoms with E-state index in [4.69, 9.17) is 9.47 Å². The Morgan fingerprint density at radius 1 is 1.19 bits per heavy atom. The summed E-state index contributed by atoms with van der Waals surface area (Å²) in [5.74, 6) is 0.530. The van der Waals surface area contributed by atoms with Gasteiger partial charge in [-0.05, 0) is 42.8 Å². The van der Waals surface area contributed by atoms with Gasteiger partial charge >= 0.3 is 0 Å². The van der Waals surface area contributed by atoms with E-state index in [1.807, 2.05) is 31.2 Å². The zero-order chi connectivity index (χ0) is 18.5. The van der Waals surface area contributed by atoms with Crippen molar-refractivity contribution in [2.75, 3.05) is 12.4 Å². The predicted octanol–water partition coefficient (Wildman–Crippen LogP) is 2.84. The zero-order valence-corrected chi connectivity index (χ0v) is 16.4. The van der Waals surface area contributed by atoms with Gasteiger partial charge in [-0.3, -0.25) is 20.4 Å². The zero-order valence-electron chi connectivity index (χ0n) is 14.0. The fraction of sp³-hybridized carbons (Fsp3) is 0.222. The summed E-state index contributed by atoms with van der Waals surface area (Å²) >= 11 is 4.81. The third-order valence-corrected chi connectivity index (χ3v) is 5.29. The number of aryl methyl sites for hydroxylation is 1. The van der Waals surface area contributed by atoms with Crippen molar-refractivity contribution in [2.45, 2.75) is 17.9 Å². The topological polar surface area (TPSA) is 76.7 Å². The number of rotatable bonds is 4. The van der Waals surface area contributed by atoms with Crippen LogP contribution < -0.4 is 20.3 Å². The van der Waals surface area contributed by atoms with Gasteiger partial charge in [0.25, 0.3) is 5.91 Å². The largest absolute Gasteiger partial charge is 0.485 e. The number of amides is 2. The molecule has 1 atom stereocenters. The number of para-hydroxylation sites is 2. The molecule has 1 aliphatic heterocycles. The lowest BCUT2D eigenvalue weighted by atomic mass is 10.2. The Morgan fingerprint density at radius 2 is 1.96 bits per heavy atom. The van der Waals surface area contributed by atoms with Crippen LogP contribution in [0.1, 0.15) is 5.56 Å². The summed E-state index contributed by atoms with van der Waals surface area (Å²) < 4.78 is 12.1. The van der Waals surface area contributed by atoms with E-state index in [-0.39, 0.29) is 18.3 Å². The molecule has 0 saturated carbocycles. The molecule has 0 fully saturated rings. The maximum Gasteiger partial charge on any atom is 0.283 e. The Morgan fingerprint density at radius 3 is 2.73 bits per heavy atom. The van der Waals surface area contributed by atoms with Gasteiger partial charge in [-0.25, -0.2) is 0 Å². The van der Waals surface area contributed by atoms with Gasteiger partial charge < -0.3 is 9.47 Å². The summed E-state index contributed by atoms with van der Waals surface area (Å²) in [6.45, 7) is 2.07. The maximum atomic E-state index is 12.1. The van der Waals surface area contributed by atoms with Crippen LogP contribution >= 0.6 is 27.7 Å². The summed E-state index contributed by atoms with van der Waals surface area (Å²) in [5, 5.41) is 0. The van der Waals surface area contributed by atoms with Gasteiger partial charge in [0.15, 0.2) is 11.5 Å². The standard InChI is InChI=1S/C18H17BrN2O4S/c1-11-8-12(19)6-7-16(11)26-10-17(22)20-21-18(23)15-9-24-13-4-2-3-5-14(13)25-15/h2-8,15H,9-10H2,1H3,(H,20,22)(H,21,23)/t15-/m0/s1. The molecule has 8 heteroatoms. The van der Waals surface area contributed by atoms with Crippen LogP contribution in [0.5, 0.6) is 11.5 Å². The molecule has 136 valence electrons. The lowest BCUT2D eigenvalue weighted by molar-refractivity contribution is -0.134. The number of hydrogen-bond acceptors (Lipinski definition) is 5. The van der Waals surface area contributed by atoms with E-state index >= 15 is 0 Å². The van der Waals surface area contributed by atoms with Crippen LogP contribution in [0.15, 0.2) is 51.8 Å². The first-order chi connectivity index (χ1) is 12.5. The SMILES string of the molecule is Cc1cc(Br)ccc1SCC(=O)NNC(=O)[C@@H]1COc2ccccc2O1. The highest BCUT2D eigenvalue weighted by Gasteiger charge is 2.27. The lowest BCUT2D eigenvalue weighted by Crippen LogP contribution is -2.51. The number of carbonyl (C=O) groups is 2. The Balaban J connectivity index is 1.45. The minimum Gasteiger partial charge on any atom is -0.485 e. The minimum absolute atomic E-state index is 0.0888. The fourth-order valence-corrected chi connectivity index (χ4v) is 3.60. The number of nitrogens with one attached hydrogen (secondary N) is 2. The number of benzene rings is 2. The van der Waals surface area contributed by atoms with Gasteiger partial charge in [-0.1, -0.05) is 28.1 Å². The van der Waals surface area contributed by atoms with Crippen molar-refractivity contribution in [3.05, 3.63) is 52.5 Å². The van der Waals surface area contributed by atoms with E-state index in [1.54, 1.807) is 18.2 Å². The van der Waals surface area contributed by atoms with Gasteiger partial charge in [0.2, 0.25) is 12.0 Å². The summed E-state index contributed by atoms with van der Waals surface area (Å²) in [6.07, 6.45) is -0.813. The second kappa shape index (κ2) is 8.46. The number of hydrazine groups is 1. The number of carbonyl (C=O) groups excluding carboxylic acids is 2. The van der Waals surface area contributed by atoms with E-state index in [0.29, 0.717) is 11.5 Å². The van der Waals surface area contributed by atoms with Crippen molar-refractivity contribution >= 4 is 39.5 Å². The normalized spacial score (nSPS) is 15.2. The van der Waals surface area contributed by atoms with Crippen molar-refractivity contribution in [2.24, 2.45) is 0 Å². The van der Waals surface area contributed by atoms with Crippen molar-refractivity contribution in [1.29, 1.82) is 0 Å². The molecule has 0 spiro atoms. The molecule has 2 amide bonds. The summed E-state index contributed by atoms with van der Waals surface area (Å²) in [4.78, 5) is 25.1. The number of ether oxygens (including phenoxy) is 2. The molecule has 0 saturated heterocycles. The van der Waals surface area contributed by atoms with Crippen LogP contribution in [0.25, 0.3) is 0 Å². The Labute approximate surface area is 163 Å². The van der Waals surface area contributed by atoms with E-state index < -0.39 is 12.0 Å². The number of fused-ring (bicyclic) bond motifs is 1. The molecular weight excluding hydrogens is 420 g/mol. The average molecular weight is 437 g/mol. The molecule has 0 bridgehead atoms. The second-order valence-corrected chi connectivity index (χ2v) is 7.53. The average Bonchev–Trinajstić information content (AvgIpc) is 2.65. The number of hydrogen-bond donors (Lipinski definition) is 2. The molecular formula is C18H17BrN2O4S. The van der Waals surface area contributed by atoms with E-state index in [9.17, 15) is 9.59 Å². The molecule has 3 rings (SSSR count). The van der Waals surface area contributed by atoms with E-state index in [0.717, 1.165) is 14.9 Å². The van der Waals surface area contributed by atoms with E-state index in [1.165, 1.54) is 11.8 Å². The minimum atomic E-state index is -0.813. The smallest absolute Gasteiger partial charge is 0.283 e. The van der Waals surface area contributed by atoms with Crippen LogP contribution in [-0.4, -0.2) is 30.3 Å². The Hall–Kier alpha value is -2.19. The lowest BCUT2D eigenvalue weighted by Gasteiger charge is -2.25. The first-order valence-electron chi connectivity index (χ1n) is 7.89. The van der Waals surface area contributed by atoms with Gasteiger partial charge in [0.05, 0.1) is 5.75 Å². The Bertz CT molecular complexity index is 831. The van der Waals surface area contributed by atoms with Gasteiger partial charge in [-0.15, -0.1) is 11.8 Å². The van der Waals surface area contributed by atoms with Crippen molar-refractivity contribution in [3.63, 3.8) is 0 Å². The molecule has 0 unspecified atom stereocenters. The highest BCUT2D eigenvalue weighted by atomic mass is 79.9. The number of halogens is 1. The van der Waals surface area contributed by atoms with Crippen LogP contribution in [0.3, 0.4) is 0 Å². The third-order valence-electron chi connectivity index (χ3n) is 3.62. The second-order valence-electron chi connectivity index (χ2n) is 5.60.